The van der Waals surface area contributed by atoms with E-state index >= 15 is 0 Å². The van der Waals surface area contributed by atoms with Crippen LogP contribution in [0.15, 0.2) is 42.5 Å². The van der Waals surface area contributed by atoms with Crippen molar-refractivity contribution in [2.24, 2.45) is 0 Å². The summed E-state index contributed by atoms with van der Waals surface area (Å²) < 4.78 is 10.5. The van der Waals surface area contributed by atoms with Gasteiger partial charge in [0, 0.05) is 12.1 Å². The lowest BCUT2D eigenvalue weighted by atomic mass is 10.1. The number of nitrogens with one attached hydrogen (secondary N) is 1. The minimum atomic E-state index is -0.0430. The normalized spacial score (nSPS) is 10.1. The van der Waals surface area contributed by atoms with Gasteiger partial charge in [0.15, 0.2) is 11.5 Å². The molecule has 0 saturated carbocycles. The molecular formula is C18H21NO3. The van der Waals surface area contributed by atoms with Crippen molar-refractivity contribution in [2.45, 2.75) is 13.3 Å². The molecule has 2 rings (SSSR count). The van der Waals surface area contributed by atoms with Crippen molar-refractivity contribution in [1.29, 1.82) is 0 Å². The highest BCUT2D eigenvalue weighted by Gasteiger charge is 2.08. The fourth-order valence-corrected chi connectivity index (χ4v) is 2.28. The highest BCUT2D eigenvalue weighted by atomic mass is 16.5. The van der Waals surface area contributed by atoms with Crippen molar-refractivity contribution in [2.75, 3.05) is 20.8 Å². The van der Waals surface area contributed by atoms with Crippen LogP contribution in [0.3, 0.4) is 0 Å². The highest BCUT2D eigenvalue weighted by molar-refractivity contribution is 5.95. The molecule has 22 heavy (non-hydrogen) atoms. The second-order valence-corrected chi connectivity index (χ2v) is 5.01. The van der Waals surface area contributed by atoms with Crippen LogP contribution in [0.5, 0.6) is 11.5 Å². The highest BCUT2D eigenvalue weighted by Crippen LogP contribution is 2.27. The van der Waals surface area contributed by atoms with Gasteiger partial charge in [-0.2, -0.15) is 0 Å². The lowest BCUT2D eigenvalue weighted by Crippen LogP contribution is -2.26. The minimum Gasteiger partial charge on any atom is -0.493 e. The monoisotopic (exact) mass is 299 g/mol. The topological polar surface area (TPSA) is 47.6 Å². The number of amides is 1. The first kappa shape index (κ1) is 15.9. The predicted molar refractivity (Wildman–Crippen MR) is 86.8 cm³/mol. The van der Waals surface area contributed by atoms with Crippen molar-refractivity contribution in [1.82, 2.24) is 5.32 Å². The third-order valence-corrected chi connectivity index (χ3v) is 3.54. The van der Waals surface area contributed by atoms with E-state index < -0.39 is 0 Å². The summed E-state index contributed by atoms with van der Waals surface area (Å²) in [4.78, 5) is 12.1. The number of ether oxygens (including phenoxy) is 2. The van der Waals surface area contributed by atoms with Crippen LogP contribution < -0.4 is 14.8 Å². The first-order valence-corrected chi connectivity index (χ1v) is 7.20. The number of carbonyl (C=O) groups is 1. The molecule has 0 atom stereocenters. The second-order valence-electron chi connectivity index (χ2n) is 5.01. The summed E-state index contributed by atoms with van der Waals surface area (Å²) in [6.07, 6.45) is 0.734. The quantitative estimate of drug-likeness (QED) is 0.892. The largest absolute Gasteiger partial charge is 0.493 e. The van der Waals surface area contributed by atoms with E-state index in [0.717, 1.165) is 23.1 Å². The molecule has 1 amide bonds. The van der Waals surface area contributed by atoms with E-state index in [1.54, 1.807) is 14.2 Å². The third kappa shape index (κ3) is 3.79. The Bertz CT molecular complexity index is 653. The molecule has 2 aromatic carbocycles. The van der Waals surface area contributed by atoms with E-state index in [9.17, 15) is 4.79 Å². The average molecular weight is 299 g/mol. The van der Waals surface area contributed by atoms with Crippen LogP contribution in [0.1, 0.15) is 21.5 Å². The fourth-order valence-electron chi connectivity index (χ4n) is 2.28. The van der Waals surface area contributed by atoms with Gasteiger partial charge in [0.1, 0.15) is 0 Å². The predicted octanol–water partition coefficient (Wildman–Crippen LogP) is 2.98. The Hall–Kier alpha value is -2.49. The molecule has 0 unspecified atom stereocenters. The van der Waals surface area contributed by atoms with Crippen LogP contribution in [0.2, 0.25) is 0 Å². The van der Waals surface area contributed by atoms with E-state index in [4.69, 9.17) is 9.47 Å². The summed E-state index contributed by atoms with van der Waals surface area (Å²) in [6.45, 7) is 2.51. The van der Waals surface area contributed by atoms with Gasteiger partial charge >= 0.3 is 0 Å². The van der Waals surface area contributed by atoms with Gasteiger partial charge in [-0.3, -0.25) is 4.79 Å². The van der Waals surface area contributed by atoms with Gasteiger partial charge < -0.3 is 14.8 Å². The minimum absolute atomic E-state index is 0.0430. The van der Waals surface area contributed by atoms with Gasteiger partial charge in [-0.1, -0.05) is 24.3 Å². The van der Waals surface area contributed by atoms with Crippen LogP contribution >= 0.6 is 0 Å². The van der Waals surface area contributed by atoms with E-state index in [-0.39, 0.29) is 5.91 Å². The van der Waals surface area contributed by atoms with Crippen LogP contribution in [-0.2, 0) is 6.42 Å². The van der Waals surface area contributed by atoms with E-state index in [2.05, 4.69) is 5.32 Å². The Labute approximate surface area is 131 Å². The van der Waals surface area contributed by atoms with Crippen molar-refractivity contribution in [3.63, 3.8) is 0 Å². The molecule has 1 N–H and O–H groups in total. The molecule has 2 aromatic rings. The Morgan fingerprint density at radius 1 is 1.05 bits per heavy atom. The van der Waals surface area contributed by atoms with Crippen molar-refractivity contribution in [3.05, 3.63) is 59.2 Å². The summed E-state index contributed by atoms with van der Waals surface area (Å²) >= 11 is 0. The number of methoxy groups -OCH3 is 2. The molecule has 0 bridgehead atoms. The molecule has 0 saturated heterocycles. The molecule has 0 aliphatic heterocycles. The number of carbonyl (C=O) groups excluding carboxylic acids is 1. The lowest BCUT2D eigenvalue weighted by molar-refractivity contribution is 0.0953. The summed E-state index contributed by atoms with van der Waals surface area (Å²) in [6, 6.07) is 13.3. The van der Waals surface area contributed by atoms with Crippen molar-refractivity contribution >= 4 is 5.91 Å². The number of benzene rings is 2. The molecule has 0 aliphatic rings. The van der Waals surface area contributed by atoms with Gasteiger partial charge in [-0.15, -0.1) is 0 Å². The maximum Gasteiger partial charge on any atom is 0.251 e. The van der Waals surface area contributed by atoms with Gasteiger partial charge in [-0.05, 0) is 42.7 Å². The molecule has 0 radical (unpaired) electrons. The Morgan fingerprint density at radius 3 is 2.45 bits per heavy atom. The maximum absolute atomic E-state index is 12.1. The molecule has 116 valence electrons. The third-order valence-electron chi connectivity index (χ3n) is 3.54. The van der Waals surface area contributed by atoms with E-state index in [0.29, 0.717) is 18.0 Å². The van der Waals surface area contributed by atoms with Crippen LogP contribution in [0.25, 0.3) is 0 Å². The van der Waals surface area contributed by atoms with E-state index in [1.165, 1.54) is 0 Å². The molecule has 0 aromatic heterocycles. The van der Waals surface area contributed by atoms with Crippen LogP contribution in [0, 0.1) is 6.92 Å². The summed E-state index contributed by atoms with van der Waals surface area (Å²) in [7, 11) is 3.22. The first-order valence-electron chi connectivity index (χ1n) is 7.20. The number of aryl methyl sites for hydroxylation is 1. The summed E-state index contributed by atoms with van der Waals surface area (Å²) in [5.74, 6) is 1.36. The zero-order chi connectivity index (χ0) is 15.9. The standard InChI is InChI=1S/C18H21NO3/c1-13-6-4-5-7-15(13)18(20)19-11-10-14-8-9-16(21-2)17(12-14)22-3/h4-9,12H,10-11H2,1-3H3,(H,19,20). The molecule has 4 nitrogen and oxygen atoms in total. The Kier molecular flexibility index (Phi) is 5.42. The summed E-state index contributed by atoms with van der Waals surface area (Å²) in [5, 5.41) is 2.94. The molecule has 0 heterocycles. The SMILES string of the molecule is COc1ccc(CCNC(=O)c2ccccc2C)cc1OC. The first-order chi connectivity index (χ1) is 10.7. The smallest absolute Gasteiger partial charge is 0.251 e. The van der Waals surface area contributed by atoms with E-state index in [1.807, 2.05) is 49.4 Å². The van der Waals surface area contributed by atoms with Crippen molar-refractivity contribution in [3.8, 4) is 11.5 Å². The molecular weight excluding hydrogens is 278 g/mol. The zero-order valence-electron chi connectivity index (χ0n) is 13.2. The zero-order valence-corrected chi connectivity index (χ0v) is 13.2. The molecule has 0 fully saturated rings. The fraction of sp³-hybridized carbons (Fsp3) is 0.278. The Morgan fingerprint density at radius 2 is 1.77 bits per heavy atom. The number of hydrogen-bond acceptors (Lipinski definition) is 3. The van der Waals surface area contributed by atoms with Crippen LogP contribution in [-0.4, -0.2) is 26.7 Å². The Balaban J connectivity index is 1.94. The molecule has 0 aliphatic carbocycles. The second kappa shape index (κ2) is 7.50. The number of hydrogen-bond donors (Lipinski definition) is 1. The molecule has 4 heteroatoms. The summed E-state index contributed by atoms with van der Waals surface area (Å²) in [5.41, 5.74) is 2.78. The van der Waals surface area contributed by atoms with Gasteiger partial charge in [-0.25, -0.2) is 0 Å². The maximum atomic E-state index is 12.1. The van der Waals surface area contributed by atoms with Gasteiger partial charge in [0.2, 0.25) is 0 Å². The number of rotatable bonds is 6. The van der Waals surface area contributed by atoms with Crippen molar-refractivity contribution < 1.29 is 14.3 Å². The lowest BCUT2D eigenvalue weighted by Gasteiger charge is -2.10. The average Bonchev–Trinajstić information content (AvgIpc) is 2.55. The molecule has 0 spiro atoms. The van der Waals surface area contributed by atoms with Gasteiger partial charge in [0.25, 0.3) is 5.91 Å². The van der Waals surface area contributed by atoms with Crippen LogP contribution in [0.4, 0.5) is 0 Å². The van der Waals surface area contributed by atoms with Gasteiger partial charge in [0.05, 0.1) is 14.2 Å².